The fourth-order valence-electron chi connectivity index (χ4n) is 1.76. The van der Waals surface area contributed by atoms with Crippen molar-refractivity contribution in [3.05, 3.63) is 0 Å². The normalized spacial score (nSPS) is 11.8. The van der Waals surface area contributed by atoms with Crippen LogP contribution in [0.1, 0.15) is 65.2 Å². The Morgan fingerprint density at radius 2 is 1.53 bits per heavy atom. The van der Waals surface area contributed by atoms with Crippen LogP contribution in [0.2, 0.25) is 8.87 Å². The van der Waals surface area contributed by atoms with Gasteiger partial charge in [-0.2, -0.15) is 0 Å². The van der Waals surface area contributed by atoms with Crippen LogP contribution in [0.4, 0.5) is 0 Å². The molecule has 0 saturated heterocycles. The molecule has 0 aromatic carbocycles. The van der Waals surface area contributed by atoms with Gasteiger partial charge in [-0.3, -0.25) is 0 Å². The van der Waals surface area contributed by atoms with Crippen molar-refractivity contribution in [2.75, 3.05) is 0 Å². The van der Waals surface area contributed by atoms with Crippen LogP contribution in [-0.2, 0) is 4.79 Å². The van der Waals surface area contributed by atoms with Crippen LogP contribution >= 0.6 is 17.8 Å². The standard InChI is InChI=1S/C9H17O.C4H9.2ClH.Sn/c1-3-5-6-7-8-9(10)4-2;1-3-4-2;;;/h2-8H2,1H3;1,3-4H2,2H3;2*1H;/q;;;;+2/p-2. The van der Waals surface area contributed by atoms with E-state index < -0.39 is 16.1 Å². The quantitative estimate of drug-likeness (QED) is 0.331. The molecule has 0 heterocycles. The molecule has 0 unspecified atom stereocenters. The summed E-state index contributed by atoms with van der Waals surface area (Å²) in [7, 11) is 12.7. The zero-order valence-electron chi connectivity index (χ0n) is 11.2. The number of unbranched alkanes of at least 4 members (excludes halogenated alkanes) is 4. The molecule has 17 heavy (non-hydrogen) atoms. The van der Waals surface area contributed by atoms with Crippen molar-refractivity contribution < 1.29 is 4.79 Å². The number of hydrogen-bond donors (Lipinski definition) is 0. The van der Waals surface area contributed by atoms with E-state index in [4.69, 9.17) is 17.8 Å². The van der Waals surface area contributed by atoms with Gasteiger partial charge < -0.3 is 0 Å². The number of ketones is 1. The molecule has 0 aliphatic heterocycles. The third-order valence-electron chi connectivity index (χ3n) is 2.97. The van der Waals surface area contributed by atoms with Crippen molar-refractivity contribution in [1.29, 1.82) is 0 Å². The minimum absolute atomic E-state index is 0.361. The molecular weight excluding hydrogens is 362 g/mol. The number of halogens is 2. The molecule has 0 rings (SSSR count). The van der Waals surface area contributed by atoms with Gasteiger partial charge in [-0.25, -0.2) is 0 Å². The first kappa shape index (κ1) is 18.0. The van der Waals surface area contributed by atoms with Crippen molar-refractivity contribution >= 4 is 39.7 Å². The predicted octanol–water partition coefficient (Wildman–Crippen LogP) is 5.64. The third kappa shape index (κ3) is 11.9. The molecule has 102 valence electrons. The Morgan fingerprint density at radius 1 is 0.882 bits per heavy atom. The number of rotatable bonds is 11. The van der Waals surface area contributed by atoms with Gasteiger partial charge in [0, 0.05) is 0 Å². The van der Waals surface area contributed by atoms with Gasteiger partial charge in [0.2, 0.25) is 0 Å². The summed E-state index contributed by atoms with van der Waals surface area (Å²) in [5, 5.41) is 0. The van der Waals surface area contributed by atoms with E-state index in [1.807, 2.05) is 0 Å². The van der Waals surface area contributed by atoms with E-state index in [9.17, 15) is 4.79 Å². The second-order valence-corrected chi connectivity index (χ2v) is 23.6. The second kappa shape index (κ2) is 10.9. The first-order valence-electron chi connectivity index (χ1n) is 6.91. The van der Waals surface area contributed by atoms with Gasteiger partial charge in [0.1, 0.15) is 0 Å². The zero-order chi connectivity index (χ0) is 13.1. The molecule has 0 bridgehead atoms. The summed E-state index contributed by atoms with van der Waals surface area (Å²) in [6.45, 7) is 4.33. The van der Waals surface area contributed by atoms with Crippen molar-refractivity contribution in [3.8, 4) is 0 Å². The van der Waals surface area contributed by atoms with Crippen LogP contribution in [0.3, 0.4) is 0 Å². The Morgan fingerprint density at radius 3 is 2.12 bits per heavy atom. The number of hydrogen-bond acceptors (Lipinski definition) is 1. The zero-order valence-corrected chi connectivity index (χ0v) is 15.6. The Kier molecular flexibility index (Phi) is 11.6. The number of carbonyl (C=O) groups is 1. The molecule has 0 radical (unpaired) electrons. The predicted molar refractivity (Wildman–Crippen MR) is 80.4 cm³/mol. The summed E-state index contributed by atoms with van der Waals surface area (Å²) < 4.78 is 1.81. The Bertz CT molecular complexity index is 208. The summed E-state index contributed by atoms with van der Waals surface area (Å²) in [5.74, 6) is 0.361. The molecule has 0 amide bonds. The third-order valence-corrected chi connectivity index (χ3v) is 13.9. The number of carbonyl (C=O) groups excluding carboxylic acids is 1. The van der Waals surface area contributed by atoms with Crippen LogP contribution < -0.4 is 0 Å². The molecule has 0 atom stereocenters. The first-order valence-corrected chi connectivity index (χ1v) is 18.2. The van der Waals surface area contributed by atoms with Crippen molar-refractivity contribution in [3.63, 3.8) is 0 Å². The van der Waals surface area contributed by atoms with Crippen molar-refractivity contribution in [1.82, 2.24) is 0 Å². The summed E-state index contributed by atoms with van der Waals surface area (Å²) in [4.78, 5) is 11.6. The SMILES string of the molecule is CCCCCCC(=O)C[CH2][Sn]([Cl])([Cl])[CH2]CCC. The van der Waals surface area contributed by atoms with Crippen LogP contribution in [0.5, 0.6) is 0 Å². The van der Waals surface area contributed by atoms with Gasteiger partial charge in [-0.1, -0.05) is 0 Å². The van der Waals surface area contributed by atoms with E-state index in [0.717, 1.165) is 34.6 Å². The van der Waals surface area contributed by atoms with E-state index in [0.29, 0.717) is 12.2 Å². The second-order valence-electron chi connectivity index (χ2n) is 4.81. The number of Topliss-reactive ketones (excluding diaryl/α,β-unsaturated/α-hetero) is 1. The topological polar surface area (TPSA) is 17.1 Å². The molecule has 0 saturated carbocycles. The molecular formula is C13H26Cl2OSn. The minimum atomic E-state index is -2.84. The molecule has 0 fully saturated rings. The van der Waals surface area contributed by atoms with Gasteiger partial charge in [-0.05, 0) is 0 Å². The van der Waals surface area contributed by atoms with Crippen molar-refractivity contribution in [2.24, 2.45) is 0 Å². The van der Waals surface area contributed by atoms with E-state index in [1.165, 1.54) is 19.3 Å². The fourth-order valence-corrected chi connectivity index (χ4v) is 9.86. The summed E-state index contributed by atoms with van der Waals surface area (Å²) in [6, 6.07) is 0. The van der Waals surface area contributed by atoms with Crippen LogP contribution in [-0.4, -0.2) is 21.9 Å². The average molecular weight is 388 g/mol. The molecule has 0 aliphatic rings. The van der Waals surface area contributed by atoms with E-state index >= 15 is 0 Å². The van der Waals surface area contributed by atoms with E-state index in [2.05, 4.69) is 13.8 Å². The van der Waals surface area contributed by atoms with E-state index in [-0.39, 0.29) is 0 Å². The van der Waals surface area contributed by atoms with Gasteiger partial charge in [0.15, 0.2) is 0 Å². The van der Waals surface area contributed by atoms with Gasteiger partial charge >= 0.3 is 119 Å². The average Bonchev–Trinajstić information content (AvgIpc) is 2.30. The van der Waals surface area contributed by atoms with Crippen molar-refractivity contribution in [2.45, 2.75) is 74.1 Å². The fraction of sp³-hybridized carbons (Fsp3) is 0.923. The summed E-state index contributed by atoms with van der Waals surface area (Å²) >= 11 is -2.84. The summed E-state index contributed by atoms with van der Waals surface area (Å²) in [6.07, 6.45) is 8.27. The van der Waals surface area contributed by atoms with Crippen LogP contribution in [0.15, 0.2) is 0 Å². The molecule has 0 aliphatic carbocycles. The van der Waals surface area contributed by atoms with Gasteiger partial charge in [0.25, 0.3) is 0 Å². The molecule has 1 nitrogen and oxygen atoms in total. The van der Waals surface area contributed by atoms with Crippen LogP contribution in [0.25, 0.3) is 0 Å². The molecule has 4 heteroatoms. The first-order chi connectivity index (χ1) is 8.02. The Labute approximate surface area is 118 Å². The van der Waals surface area contributed by atoms with Crippen LogP contribution in [0, 0.1) is 0 Å². The Balaban J connectivity index is 3.60. The molecule has 0 spiro atoms. The molecule has 0 aromatic rings. The maximum absolute atomic E-state index is 11.6. The van der Waals surface area contributed by atoms with Gasteiger partial charge in [0.05, 0.1) is 0 Å². The van der Waals surface area contributed by atoms with E-state index in [1.54, 1.807) is 0 Å². The molecule has 0 N–H and O–H groups in total. The maximum atomic E-state index is 11.6. The monoisotopic (exact) mass is 388 g/mol. The van der Waals surface area contributed by atoms with Gasteiger partial charge in [-0.15, -0.1) is 0 Å². The summed E-state index contributed by atoms with van der Waals surface area (Å²) in [5.41, 5.74) is 0. The Hall–Kier alpha value is 1.05. The molecule has 0 aromatic heterocycles.